The number of piperazine rings is 1. The molecule has 0 spiro atoms. The molecular formula is C20H20Cl2N2O2. The third kappa shape index (κ3) is 4.57. The van der Waals surface area contributed by atoms with Gasteiger partial charge < -0.3 is 9.80 Å². The molecule has 0 N–H and O–H groups in total. The van der Waals surface area contributed by atoms with Crippen LogP contribution in [0.15, 0.2) is 48.5 Å². The first-order chi connectivity index (χ1) is 12.5. The summed E-state index contributed by atoms with van der Waals surface area (Å²) in [6.07, 6.45) is 1.11. The summed E-state index contributed by atoms with van der Waals surface area (Å²) < 4.78 is 0. The minimum atomic E-state index is -0.0818. The standard InChI is InChI=1S/C20H20Cl2N2O2/c21-16-5-3-4-15(14-16)8-9-19(25)23-10-12-24(13-11-23)20(26)17-6-1-2-7-18(17)22/h1-7,14H,8-13H2. The molecule has 3 rings (SSSR count). The number of carbonyl (C=O) groups is 2. The quantitative estimate of drug-likeness (QED) is 0.793. The van der Waals surface area contributed by atoms with Crippen LogP contribution in [0.2, 0.25) is 10.0 Å². The molecule has 2 aromatic carbocycles. The van der Waals surface area contributed by atoms with Crippen LogP contribution in [0.5, 0.6) is 0 Å². The van der Waals surface area contributed by atoms with Gasteiger partial charge >= 0.3 is 0 Å². The molecule has 26 heavy (non-hydrogen) atoms. The minimum absolute atomic E-state index is 0.0818. The van der Waals surface area contributed by atoms with E-state index in [0.29, 0.717) is 54.6 Å². The maximum Gasteiger partial charge on any atom is 0.255 e. The molecule has 0 atom stereocenters. The predicted octanol–water partition coefficient (Wildman–Crippen LogP) is 3.91. The number of hydrogen-bond donors (Lipinski definition) is 0. The lowest BCUT2D eigenvalue weighted by Gasteiger charge is -2.35. The van der Waals surface area contributed by atoms with Gasteiger partial charge in [0.2, 0.25) is 5.91 Å². The topological polar surface area (TPSA) is 40.6 Å². The normalized spacial score (nSPS) is 14.4. The molecule has 0 saturated carbocycles. The number of halogens is 2. The minimum Gasteiger partial charge on any atom is -0.339 e. The Kier molecular flexibility index (Phi) is 6.17. The molecule has 0 unspecified atom stereocenters. The molecular weight excluding hydrogens is 371 g/mol. The second-order valence-electron chi connectivity index (χ2n) is 6.28. The van der Waals surface area contributed by atoms with E-state index in [1.54, 1.807) is 29.2 Å². The molecule has 1 aliphatic rings. The summed E-state index contributed by atoms with van der Waals surface area (Å²) >= 11 is 12.1. The van der Waals surface area contributed by atoms with Crippen LogP contribution in [0, 0.1) is 0 Å². The van der Waals surface area contributed by atoms with Crippen molar-refractivity contribution < 1.29 is 9.59 Å². The Morgan fingerprint density at radius 1 is 0.885 bits per heavy atom. The zero-order chi connectivity index (χ0) is 18.5. The maximum atomic E-state index is 12.6. The van der Waals surface area contributed by atoms with Crippen LogP contribution in [0.1, 0.15) is 22.3 Å². The zero-order valence-electron chi connectivity index (χ0n) is 14.3. The average molecular weight is 391 g/mol. The van der Waals surface area contributed by atoms with E-state index in [9.17, 15) is 9.59 Å². The molecule has 0 radical (unpaired) electrons. The van der Waals surface area contributed by atoms with Gasteiger partial charge in [-0.1, -0.05) is 47.5 Å². The van der Waals surface area contributed by atoms with Crippen molar-refractivity contribution >= 4 is 35.0 Å². The van der Waals surface area contributed by atoms with Gasteiger partial charge in [0.05, 0.1) is 10.6 Å². The van der Waals surface area contributed by atoms with Crippen LogP contribution < -0.4 is 0 Å². The lowest BCUT2D eigenvalue weighted by Crippen LogP contribution is -2.50. The number of benzene rings is 2. The van der Waals surface area contributed by atoms with Gasteiger partial charge in [0.15, 0.2) is 0 Å². The molecule has 1 saturated heterocycles. The average Bonchev–Trinajstić information content (AvgIpc) is 2.66. The molecule has 136 valence electrons. The van der Waals surface area contributed by atoms with Crippen LogP contribution >= 0.6 is 23.2 Å². The Balaban J connectivity index is 1.51. The smallest absolute Gasteiger partial charge is 0.255 e. The summed E-state index contributed by atoms with van der Waals surface area (Å²) in [6.45, 7) is 2.13. The number of nitrogens with zero attached hydrogens (tertiary/aromatic N) is 2. The molecule has 2 amide bonds. The van der Waals surface area contributed by atoms with E-state index >= 15 is 0 Å². The van der Waals surface area contributed by atoms with Gasteiger partial charge in [-0.2, -0.15) is 0 Å². The van der Waals surface area contributed by atoms with Crippen molar-refractivity contribution in [3.63, 3.8) is 0 Å². The van der Waals surface area contributed by atoms with Crippen molar-refractivity contribution in [1.29, 1.82) is 0 Å². The number of hydrogen-bond acceptors (Lipinski definition) is 2. The molecule has 0 aromatic heterocycles. The molecule has 1 fully saturated rings. The Hall–Kier alpha value is -2.04. The summed E-state index contributed by atoms with van der Waals surface area (Å²) in [4.78, 5) is 28.6. The summed E-state index contributed by atoms with van der Waals surface area (Å²) in [5.41, 5.74) is 1.56. The SMILES string of the molecule is O=C(CCc1cccc(Cl)c1)N1CCN(C(=O)c2ccccc2Cl)CC1. The van der Waals surface area contributed by atoms with Crippen molar-refractivity contribution in [3.05, 3.63) is 69.7 Å². The van der Waals surface area contributed by atoms with Gasteiger partial charge in [-0.25, -0.2) is 0 Å². The van der Waals surface area contributed by atoms with E-state index in [1.807, 2.05) is 29.2 Å². The molecule has 0 aliphatic carbocycles. The number of aryl methyl sites for hydroxylation is 1. The van der Waals surface area contributed by atoms with Gasteiger partial charge in [0, 0.05) is 37.6 Å². The Labute approximate surface area is 163 Å². The zero-order valence-corrected chi connectivity index (χ0v) is 15.8. The lowest BCUT2D eigenvalue weighted by molar-refractivity contribution is -0.132. The fraction of sp³-hybridized carbons (Fsp3) is 0.300. The molecule has 1 heterocycles. The highest BCUT2D eigenvalue weighted by Gasteiger charge is 2.25. The fourth-order valence-electron chi connectivity index (χ4n) is 3.07. The van der Waals surface area contributed by atoms with E-state index < -0.39 is 0 Å². The van der Waals surface area contributed by atoms with Crippen molar-refractivity contribution in [3.8, 4) is 0 Å². The molecule has 1 aliphatic heterocycles. The Morgan fingerprint density at radius 2 is 1.58 bits per heavy atom. The molecule has 4 nitrogen and oxygen atoms in total. The van der Waals surface area contributed by atoms with Crippen molar-refractivity contribution in [1.82, 2.24) is 9.80 Å². The first-order valence-electron chi connectivity index (χ1n) is 8.60. The predicted molar refractivity (Wildman–Crippen MR) is 104 cm³/mol. The van der Waals surface area contributed by atoms with E-state index in [1.165, 1.54) is 0 Å². The van der Waals surface area contributed by atoms with Crippen LogP contribution in [0.25, 0.3) is 0 Å². The van der Waals surface area contributed by atoms with Crippen molar-refractivity contribution in [2.75, 3.05) is 26.2 Å². The van der Waals surface area contributed by atoms with Crippen molar-refractivity contribution in [2.45, 2.75) is 12.8 Å². The Bertz CT molecular complexity index is 802. The van der Waals surface area contributed by atoms with E-state index in [-0.39, 0.29) is 11.8 Å². The van der Waals surface area contributed by atoms with Crippen molar-refractivity contribution in [2.24, 2.45) is 0 Å². The van der Waals surface area contributed by atoms with Gasteiger partial charge in [0.25, 0.3) is 5.91 Å². The first kappa shape index (κ1) is 18.7. The molecule has 6 heteroatoms. The monoisotopic (exact) mass is 390 g/mol. The number of carbonyl (C=O) groups excluding carboxylic acids is 2. The molecule has 2 aromatic rings. The van der Waals surface area contributed by atoms with E-state index in [4.69, 9.17) is 23.2 Å². The first-order valence-corrected chi connectivity index (χ1v) is 9.36. The number of amides is 2. The lowest BCUT2D eigenvalue weighted by atomic mass is 10.1. The van der Waals surface area contributed by atoms with Gasteiger partial charge in [-0.3, -0.25) is 9.59 Å². The van der Waals surface area contributed by atoms with Crippen LogP contribution in [-0.2, 0) is 11.2 Å². The van der Waals surface area contributed by atoms with Gasteiger partial charge in [0.1, 0.15) is 0 Å². The van der Waals surface area contributed by atoms with E-state index in [2.05, 4.69) is 0 Å². The summed E-state index contributed by atoms with van der Waals surface area (Å²) in [6, 6.07) is 14.6. The fourth-order valence-corrected chi connectivity index (χ4v) is 3.50. The van der Waals surface area contributed by atoms with Gasteiger partial charge in [-0.05, 0) is 36.2 Å². The maximum absolute atomic E-state index is 12.6. The Morgan fingerprint density at radius 3 is 2.27 bits per heavy atom. The third-order valence-electron chi connectivity index (χ3n) is 4.54. The second kappa shape index (κ2) is 8.56. The molecule has 0 bridgehead atoms. The summed E-state index contributed by atoms with van der Waals surface area (Å²) in [5.74, 6) is 0.0245. The van der Waals surface area contributed by atoms with E-state index in [0.717, 1.165) is 5.56 Å². The van der Waals surface area contributed by atoms with Crippen LogP contribution in [0.3, 0.4) is 0 Å². The third-order valence-corrected chi connectivity index (χ3v) is 5.11. The highest BCUT2D eigenvalue weighted by molar-refractivity contribution is 6.33. The summed E-state index contributed by atoms with van der Waals surface area (Å²) in [5, 5.41) is 1.14. The van der Waals surface area contributed by atoms with Crippen LogP contribution in [-0.4, -0.2) is 47.8 Å². The highest BCUT2D eigenvalue weighted by Crippen LogP contribution is 2.18. The summed E-state index contributed by atoms with van der Waals surface area (Å²) in [7, 11) is 0. The number of rotatable bonds is 4. The largest absolute Gasteiger partial charge is 0.339 e. The second-order valence-corrected chi connectivity index (χ2v) is 7.13. The van der Waals surface area contributed by atoms with Crippen LogP contribution in [0.4, 0.5) is 0 Å². The highest BCUT2D eigenvalue weighted by atomic mass is 35.5. The van der Waals surface area contributed by atoms with Gasteiger partial charge in [-0.15, -0.1) is 0 Å².